The van der Waals surface area contributed by atoms with Gasteiger partial charge in [0.15, 0.2) is 5.82 Å². The van der Waals surface area contributed by atoms with Crippen LogP contribution in [0, 0.1) is 11.7 Å². The summed E-state index contributed by atoms with van der Waals surface area (Å²) in [5.74, 6) is -1.18. The summed E-state index contributed by atoms with van der Waals surface area (Å²) in [6.45, 7) is 0. The van der Waals surface area contributed by atoms with Crippen molar-refractivity contribution in [1.29, 1.82) is 0 Å². The molecule has 0 amide bonds. The van der Waals surface area contributed by atoms with Crippen molar-refractivity contribution in [3.05, 3.63) is 18.2 Å². The van der Waals surface area contributed by atoms with E-state index in [0.717, 1.165) is 25.2 Å². The first-order valence-electron chi connectivity index (χ1n) is 4.63. The van der Waals surface area contributed by atoms with E-state index in [4.69, 9.17) is 5.11 Å². The van der Waals surface area contributed by atoms with Gasteiger partial charge in [0.05, 0.1) is 12.4 Å². The maximum Gasteiger partial charge on any atom is 0.326 e. The minimum Gasteiger partial charge on any atom is -0.480 e. The SMILES string of the molecule is O=C(O)C(Nc1ncc(F)cn1)C1CC1. The highest BCUT2D eigenvalue weighted by molar-refractivity contribution is 5.77. The van der Waals surface area contributed by atoms with Crippen LogP contribution in [0.25, 0.3) is 0 Å². The summed E-state index contributed by atoms with van der Waals surface area (Å²) in [5, 5.41) is 11.6. The number of aliphatic carboxylic acids is 1. The van der Waals surface area contributed by atoms with Gasteiger partial charge in [0.1, 0.15) is 6.04 Å². The molecule has 1 aromatic heterocycles. The van der Waals surface area contributed by atoms with Gasteiger partial charge in [-0.2, -0.15) is 0 Å². The molecular formula is C9H10FN3O2. The van der Waals surface area contributed by atoms with E-state index >= 15 is 0 Å². The molecule has 2 N–H and O–H groups in total. The number of nitrogens with zero attached hydrogens (tertiary/aromatic N) is 2. The predicted molar refractivity (Wildman–Crippen MR) is 49.8 cm³/mol. The van der Waals surface area contributed by atoms with Crippen molar-refractivity contribution in [3.63, 3.8) is 0 Å². The lowest BCUT2D eigenvalue weighted by Crippen LogP contribution is -2.32. The van der Waals surface area contributed by atoms with Gasteiger partial charge in [-0.25, -0.2) is 19.2 Å². The second kappa shape index (κ2) is 3.80. The smallest absolute Gasteiger partial charge is 0.326 e. The van der Waals surface area contributed by atoms with Crippen LogP contribution in [0.1, 0.15) is 12.8 Å². The Labute approximate surface area is 85.4 Å². The molecule has 6 heteroatoms. The molecule has 80 valence electrons. The number of aromatic nitrogens is 2. The Bertz CT molecular complexity index is 364. The van der Waals surface area contributed by atoms with Crippen LogP contribution < -0.4 is 5.32 Å². The number of hydrogen-bond donors (Lipinski definition) is 2. The summed E-state index contributed by atoms with van der Waals surface area (Å²) in [7, 11) is 0. The molecule has 15 heavy (non-hydrogen) atoms. The van der Waals surface area contributed by atoms with Crippen LogP contribution in [0.5, 0.6) is 0 Å². The summed E-state index contributed by atoms with van der Waals surface area (Å²) in [6, 6.07) is -0.671. The van der Waals surface area contributed by atoms with Crippen molar-refractivity contribution < 1.29 is 14.3 Å². The van der Waals surface area contributed by atoms with Crippen LogP contribution in [-0.4, -0.2) is 27.1 Å². The van der Waals surface area contributed by atoms with Gasteiger partial charge in [0, 0.05) is 0 Å². The van der Waals surface area contributed by atoms with Gasteiger partial charge in [0.25, 0.3) is 0 Å². The van der Waals surface area contributed by atoms with Crippen molar-refractivity contribution >= 4 is 11.9 Å². The minimum absolute atomic E-state index is 0.135. The molecule has 1 atom stereocenters. The Balaban J connectivity index is 2.05. The highest BCUT2D eigenvalue weighted by Crippen LogP contribution is 2.33. The van der Waals surface area contributed by atoms with Crippen LogP contribution in [0.15, 0.2) is 12.4 Å². The standard InChI is InChI=1S/C9H10FN3O2/c10-6-3-11-9(12-4-6)13-7(8(14)15)5-1-2-5/h3-5,7H,1-2H2,(H,14,15)(H,11,12,13). The van der Waals surface area contributed by atoms with Crippen molar-refractivity contribution in [2.45, 2.75) is 18.9 Å². The highest BCUT2D eigenvalue weighted by atomic mass is 19.1. The van der Waals surface area contributed by atoms with Crippen molar-refractivity contribution in [2.24, 2.45) is 5.92 Å². The summed E-state index contributed by atoms with van der Waals surface area (Å²) in [4.78, 5) is 18.2. The number of hydrogen-bond acceptors (Lipinski definition) is 4. The van der Waals surface area contributed by atoms with Gasteiger partial charge >= 0.3 is 5.97 Å². The highest BCUT2D eigenvalue weighted by Gasteiger charge is 2.36. The third-order valence-corrected chi connectivity index (χ3v) is 2.26. The Morgan fingerprint density at radius 2 is 2.13 bits per heavy atom. The number of nitrogens with one attached hydrogen (secondary N) is 1. The van der Waals surface area contributed by atoms with Crippen LogP contribution in [-0.2, 0) is 4.79 Å². The Kier molecular flexibility index (Phi) is 2.49. The van der Waals surface area contributed by atoms with Crippen molar-refractivity contribution in [1.82, 2.24) is 9.97 Å². The lowest BCUT2D eigenvalue weighted by atomic mass is 10.2. The number of carboxylic acid groups (broad SMARTS) is 1. The molecule has 1 aromatic rings. The fourth-order valence-corrected chi connectivity index (χ4v) is 1.34. The van der Waals surface area contributed by atoms with Crippen molar-refractivity contribution in [2.75, 3.05) is 5.32 Å². The fourth-order valence-electron chi connectivity index (χ4n) is 1.34. The van der Waals surface area contributed by atoms with E-state index in [9.17, 15) is 9.18 Å². The second-order valence-electron chi connectivity index (χ2n) is 3.52. The van der Waals surface area contributed by atoms with Crippen LogP contribution in [0.2, 0.25) is 0 Å². The number of carbonyl (C=O) groups is 1. The number of halogens is 1. The average Bonchev–Trinajstić information content (AvgIpc) is 3.00. The van der Waals surface area contributed by atoms with E-state index in [1.807, 2.05) is 0 Å². The minimum atomic E-state index is -0.926. The largest absolute Gasteiger partial charge is 0.480 e. The first kappa shape index (κ1) is 9.82. The topological polar surface area (TPSA) is 75.1 Å². The molecule has 1 fully saturated rings. The van der Waals surface area contributed by atoms with E-state index in [2.05, 4.69) is 15.3 Å². The number of carboxylic acids is 1. The maximum absolute atomic E-state index is 12.5. The lowest BCUT2D eigenvalue weighted by Gasteiger charge is -2.12. The molecule has 0 spiro atoms. The second-order valence-corrected chi connectivity index (χ2v) is 3.52. The zero-order valence-corrected chi connectivity index (χ0v) is 7.85. The van der Waals surface area contributed by atoms with Gasteiger partial charge in [0.2, 0.25) is 5.95 Å². The van der Waals surface area contributed by atoms with Crippen LogP contribution in [0.3, 0.4) is 0 Å². The van der Waals surface area contributed by atoms with Crippen LogP contribution in [0.4, 0.5) is 10.3 Å². The molecule has 0 bridgehead atoms. The quantitative estimate of drug-likeness (QED) is 0.773. The number of anilines is 1. The molecule has 1 heterocycles. The third-order valence-electron chi connectivity index (χ3n) is 2.26. The van der Waals surface area contributed by atoms with Gasteiger partial charge < -0.3 is 10.4 Å². The van der Waals surface area contributed by atoms with Gasteiger partial charge in [-0.1, -0.05) is 0 Å². The first-order chi connectivity index (χ1) is 7.16. The predicted octanol–water partition coefficient (Wildman–Crippen LogP) is 0.891. The Hall–Kier alpha value is -1.72. The Morgan fingerprint density at radius 3 is 2.60 bits per heavy atom. The molecule has 1 aliphatic carbocycles. The van der Waals surface area contributed by atoms with Gasteiger partial charge in [-0.3, -0.25) is 0 Å². The monoisotopic (exact) mass is 211 g/mol. The zero-order valence-electron chi connectivity index (χ0n) is 7.85. The molecular weight excluding hydrogens is 201 g/mol. The summed E-state index contributed by atoms with van der Waals surface area (Å²) in [5.41, 5.74) is 0. The molecule has 2 rings (SSSR count). The summed E-state index contributed by atoms with van der Waals surface area (Å²) in [6.07, 6.45) is 3.79. The first-order valence-corrected chi connectivity index (χ1v) is 4.63. The summed E-state index contributed by atoms with van der Waals surface area (Å²) >= 11 is 0. The third kappa shape index (κ3) is 2.39. The van der Waals surface area contributed by atoms with E-state index < -0.39 is 17.8 Å². The van der Waals surface area contributed by atoms with E-state index in [-0.39, 0.29) is 11.9 Å². The molecule has 0 aliphatic heterocycles. The van der Waals surface area contributed by atoms with E-state index in [1.54, 1.807) is 0 Å². The van der Waals surface area contributed by atoms with Gasteiger partial charge in [-0.05, 0) is 18.8 Å². The average molecular weight is 211 g/mol. The molecule has 1 unspecified atom stereocenters. The van der Waals surface area contributed by atoms with Crippen LogP contribution >= 0.6 is 0 Å². The Morgan fingerprint density at radius 1 is 1.53 bits per heavy atom. The molecule has 1 aliphatic rings. The molecule has 5 nitrogen and oxygen atoms in total. The van der Waals surface area contributed by atoms with E-state index in [1.165, 1.54) is 0 Å². The summed E-state index contributed by atoms with van der Waals surface area (Å²) < 4.78 is 12.5. The maximum atomic E-state index is 12.5. The van der Waals surface area contributed by atoms with Gasteiger partial charge in [-0.15, -0.1) is 0 Å². The molecule has 1 saturated carbocycles. The molecule has 0 saturated heterocycles. The fraction of sp³-hybridized carbons (Fsp3) is 0.444. The molecule has 0 radical (unpaired) electrons. The zero-order chi connectivity index (χ0) is 10.8. The van der Waals surface area contributed by atoms with Crippen molar-refractivity contribution in [3.8, 4) is 0 Å². The number of rotatable bonds is 4. The molecule has 0 aromatic carbocycles. The lowest BCUT2D eigenvalue weighted by molar-refractivity contribution is -0.138. The normalized spacial score (nSPS) is 17.1. The van der Waals surface area contributed by atoms with E-state index in [0.29, 0.717) is 0 Å².